The molecule has 0 unspecified atom stereocenters. The molecule has 0 aromatic heterocycles. The molecule has 0 radical (unpaired) electrons. The minimum atomic E-state index is -0.669. The summed E-state index contributed by atoms with van der Waals surface area (Å²) in [6, 6.07) is 4.83. The minimum Gasteiger partial charge on any atom is -0.506 e. The molecule has 1 aromatic rings. The Kier molecular flexibility index (Phi) is 3.80. The highest BCUT2D eigenvalue weighted by atomic mass is 32.2. The van der Waals surface area contributed by atoms with Gasteiger partial charge in [0.2, 0.25) is 0 Å². The summed E-state index contributed by atoms with van der Waals surface area (Å²) in [5.74, 6) is 0.174. The van der Waals surface area contributed by atoms with Crippen LogP contribution in [0.3, 0.4) is 0 Å². The number of hydrogen-bond acceptors (Lipinski definition) is 4. The highest BCUT2D eigenvalue weighted by Gasteiger charge is 2.17. The number of aromatic hydroxyl groups is 1. The minimum absolute atomic E-state index is 0.174. The molecular formula is C10H15NO2S. The Balaban J connectivity index is 3.09. The number of phenolic OH excluding ortho intramolecular Hbond substituents is 1. The van der Waals surface area contributed by atoms with Gasteiger partial charge >= 0.3 is 0 Å². The summed E-state index contributed by atoms with van der Waals surface area (Å²) in [7, 11) is 0. The number of nitrogens with two attached hydrogens (primary N) is 1. The molecule has 0 spiro atoms. The van der Waals surface area contributed by atoms with Gasteiger partial charge < -0.3 is 15.9 Å². The number of rotatable bonds is 3. The van der Waals surface area contributed by atoms with Gasteiger partial charge in [0.25, 0.3) is 0 Å². The molecule has 0 heterocycles. The first-order valence-corrected chi connectivity index (χ1v) is 5.60. The number of aliphatic hydroxyl groups is 1. The van der Waals surface area contributed by atoms with Crippen molar-refractivity contribution >= 4 is 11.8 Å². The van der Waals surface area contributed by atoms with Crippen molar-refractivity contribution < 1.29 is 10.2 Å². The van der Waals surface area contributed by atoms with Crippen molar-refractivity contribution in [2.75, 3.05) is 6.26 Å². The van der Waals surface area contributed by atoms with Crippen molar-refractivity contribution in [2.45, 2.75) is 24.0 Å². The topological polar surface area (TPSA) is 66.5 Å². The number of aliphatic hydroxyl groups excluding tert-OH is 1. The molecule has 3 nitrogen and oxygen atoms in total. The van der Waals surface area contributed by atoms with E-state index in [1.165, 1.54) is 11.8 Å². The maximum atomic E-state index is 9.80. The monoisotopic (exact) mass is 213 g/mol. The van der Waals surface area contributed by atoms with Crippen LogP contribution in [0, 0.1) is 0 Å². The van der Waals surface area contributed by atoms with Crippen LogP contribution in [-0.2, 0) is 0 Å². The molecule has 0 amide bonds. The third-order valence-electron chi connectivity index (χ3n) is 2.13. The lowest BCUT2D eigenvalue weighted by molar-refractivity contribution is 0.162. The zero-order chi connectivity index (χ0) is 10.7. The molecule has 0 fully saturated rings. The van der Waals surface area contributed by atoms with Crippen LogP contribution < -0.4 is 5.73 Å². The Hall–Kier alpha value is -0.710. The van der Waals surface area contributed by atoms with Crippen molar-refractivity contribution in [3.63, 3.8) is 0 Å². The molecule has 78 valence electrons. The quantitative estimate of drug-likeness (QED) is 0.666. The molecule has 1 rings (SSSR count). The van der Waals surface area contributed by atoms with E-state index in [0.29, 0.717) is 5.56 Å². The Morgan fingerprint density at radius 1 is 1.43 bits per heavy atom. The van der Waals surface area contributed by atoms with Gasteiger partial charge in [0.05, 0.1) is 12.1 Å². The molecule has 4 heteroatoms. The second-order valence-corrected chi connectivity index (χ2v) is 4.01. The molecule has 0 saturated heterocycles. The lowest BCUT2D eigenvalue weighted by Gasteiger charge is -2.17. The lowest BCUT2D eigenvalue weighted by Crippen LogP contribution is -2.23. The van der Waals surface area contributed by atoms with Gasteiger partial charge in [-0.1, -0.05) is 12.1 Å². The number of thioether (sulfide) groups is 1. The highest BCUT2D eigenvalue weighted by Crippen LogP contribution is 2.33. The summed E-state index contributed by atoms with van der Waals surface area (Å²) in [6.07, 6.45) is 1.21. The molecular weight excluding hydrogens is 198 g/mol. The number of phenols is 1. The normalized spacial score (nSPS) is 15.1. The average molecular weight is 213 g/mol. The predicted octanol–water partition coefficient (Wildman–Crippen LogP) is 1.49. The SMILES string of the molecule is CSc1cccc([C@H](N)[C@H](C)O)c1O. The average Bonchev–Trinajstić information content (AvgIpc) is 2.17. The zero-order valence-corrected chi connectivity index (χ0v) is 9.08. The van der Waals surface area contributed by atoms with Crippen LogP contribution in [0.25, 0.3) is 0 Å². The van der Waals surface area contributed by atoms with E-state index in [9.17, 15) is 10.2 Å². The number of benzene rings is 1. The standard InChI is InChI=1S/C10H15NO2S/c1-6(12)9(11)7-4-3-5-8(14-2)10(7)13/h3-6,9,12-13H,11H2,1-2H3/t6-,9+/m0/s1. The summed E-state index contributed by atoms with van der Waals surface area (Å²) in [5.41, 5.74) is 6.33. The van der Waals surface area contributed by atoms with Gasteiger partial charge in [-0.2, -0.15) is 0 Å². The van der Waals surface area contributed by atoms with Crippen LogP contribution in [-0.4, -0.2) is 22.6 Å². The summed E-state index contributed by atoms with van der Waals surface area (Å²) in [5, 5.41) is 19.1. The molecule has 0 aliphatic rings. The fourth-order valence-electron chi connectivity index (χ4n) is 1.23. The van der Waals surface area contributed by atoms with Crippen LogP contribution >= 0.6 is 11.8 Å². The van der Waals surface area contributed by atoms with Gasteiger partial charge in [0, 0.05) is 10.5 Å². The van der Waals surface area contributed by atoms with Crippen LogP contribution in [0.15, 0.2) is 23.1 Å². The smallest absolute Gasteiger partial charge is 0.133 e. The van der Waals surface area contributed by atoms with Crippen LogP contribution in [0.1, 0.15) is 18.5 Å². The molecule has 0 bridgehead atoms. The summed E-state index contributed by atoms with van der Waals surface area (Å²) >= 11 is 1.45. The van der Waals surface area contributed by atoms with Crippen molar-refractivity contribution in [3.8, 4) is 5.75 Å². The van der Waals surface area contributed by atoms with Crippen LogP contribution in [0.5, 0.6) is 5.75 Å². The Bertz CT molecular complexity index is 315. The fourth-order valence-corrected chi connectivity index (χ4v) is 1.76. The van der Waals surface area contributed by atoms with Crippen molar-refractivity contribution in [1.29, 1.82) is 0 Å². The molecule has 0 saturated carbocycles. The van der Waals surface area contributed by atoms with E-state index in [-0.39, 0.29) is 5.75 Å². The number of para-hydroxylation sites is 1. The van der Waals surface area contributed by atoms with E-state index >= 15 is 0 Å². The molecule has 14 heavy (non-hydrogen) atoms. The Morgan fingerprint density at radius 2 is 2.07 bits per heavy atom. The Labute approximate surface area is 87.9 Å². The highest BCUT2D eigenvalue weighted by molar-refractivity contribution is 7.98. The summed E-state index contributed by atoms with van der Waals surface area (Å²) in [6.45, 7) is 1.61. The second kappa shape index (κ2) is 4.68. The lowest BCUT2D eigenvalue weighted by atomic mass is 10.0. The zero-order valence-electron chi connectivity index (χ0n) is 8.27. The molecule has 0 aliphatic heterocycles. The van der Waals surface area contributed by atoms with Crippen LogP contribution in [0.2, 0.25) is 0 Å². The predicted molar refractivity (Wildman–Crippen MR) is 58.5 cm³/mol. The van der Waals surface area contributed by atoms with Crippen LogP contribution in [0.4, 0.5) is 0 Å². The third kappa shape index (κ3) is 2.20. The van der Waals surface area contributed by atoms with Crippen molar-refractivity contribution in [3.05, 3.63) is 23.8 Å². The maximum Gasteiger partial charge on any atom is 0.133 e. The first kappa shape index (κ1) is 11.4. The fraction of sp³-hybridized carbons (Fsp3) is 0.400. The maximum absolute atomic E-state index is 9.80. The number of hydrogen-bond donors (Lipinski definition) is 3. The first-order chi connectivity index (χ1) is 6.57. The van der Waals surface area contributed by atoms with Gasteiger partial charge in [-0.3, -0.25) is 0 Å². The summed E-state index contributed by atoms with van der Waals surface area (Å²) < 4.78 is 0. The van der Waals surface area contributed by atoms with Gasteiger partial charge in [0.15, 0.2) is 0 Å². The summed E-state index contributed by atoms with van der Waals surface area (Å²) in [4.78, 5) is 0.776. The van der Waals surface area contributed by atoms with Crippen molar-refractivity contribution in [2.24, 2.45) is 5.73 Å². The van der Waals surface area contributed by atoms with Gasteiger partial charge in [0.1, 0.15) is 5.75 Å². The van der Waals surface area contributed by atoms with E-state index in [1.54, 1.807) is 13.0 Å². The van der Waals surface area contributed by atoms with Gasteiger partial charge in [-0.15, -0.1) is 11.8 Å². The van der Waals surface area contributed by atoms with E-state index < -0.39 is 12.1 Å². The molecule has 4 N–H and O–H groups in total. The largest absolute Gasteiger partial charge is 0.506 e. The van der Waals surface area contributed by atoms with Crippen molar-refractivity contribution in [1.82, 2.24) is 0 Å². The van der Waals surface area contributed by atoms with Gasteiger partial charge in [-0.25, -0.2) is 0 Å². The second-order valence-electron chi connectivity index (χ2n) is 3.16. The first-order valence-electron chi connectivity index (χ1n) is 4.37. The van der Waals surface area contributed by atoms with E-state index in [4.69, 9.17) is 5.73 Å². The molecule has 2 atom stereocenters. The van der Waals surface area contributed by atoms with E-state index in [0.717, 1.165) is 4.90 Å². The molecule has 0 aliphatic carbocycles. The van der Waals surface area contributed by atoms with E-state index in [2.05, 4.69) is 0 Å². The van der Waals surface area contributed by atoms with Gasteiger partial charge in [-0.05, 0) is 19.2 Å². The Morgan fingerprint density at radius 3 is 2.57 bits per heavy atom. The molecule has 1 aromatic carbocycles. The third-order valence-corrected chi connectivity index (χ3v) is 2.90. The van der Waals surface area contributed by atoms with E-state index in [1.807, 2.05) is 18.4 Å².